The number of carbonyl (C=O) groups excluding carboxylic acids is 1. The Balaban J connectivity index is 1.59. The van der Waals surface area contributed by atoms with E-state index in [-0.39, 0.29) is 18.2 Å². The van der Waals surface area contributed by atoms with Crippen molar-refractivity contribution in [2.75, 3.05) is 11.9 Å². The maximum atomic E-state index is 13.0. The third-order valence-electron chi connectivity index (χ3n) is 4.95. The van der Waals surface area contributed by atoms with Crippen LogP contribution in [-0.4, -0.2) is 27.5 Å². The molecule has 32 heavy (non-hydrogen) atoms. The average molecular weight is 456 g/mol. The van der Waals surface area contributed by atoms with E-state index >= 15 is 0 Å². The van der Waals surface area contributed by atoms with Gasteiger partial charge in [0.05, 0.1) is 22.8 Å². The fraction of sp³-hybridized carbons (Fsp3) is 0.174. The Morgan fingerprint density at radius 2 is 1.88 bits per heavy atom. The Bertz CT molecular complexity index is 1240. The van der Waals surface area contributed by atoms with Gasteiger partial charge in [-0.2, -0.15) is 13.2 Å². The third-order valence-corrected chi connectivity index (χ3v) is 6.00. The zero-order chi connectivity index (χ0) is 22.7. The van der Waals surface area contributed by atoms with Crippen molar-refractivity contribution in [1.29, 1.82) is 0 Å². The van der Waals surface area contributed by atoms with Crippen LogP contribution in [0, 0.1) is 0 Å². The van der Waals surface area contributed by atoms with Crippen LogP contribution in [0.15, 0.2) is 78.2 Å². The van der Waals surface area contributed by atoms with Crippen molar-refractivity contribution < 1.29 is 18.0 Å². The summed E-state index contributed by atoms with van der Waals surface area (Å²) in [6.45, 7) is 0.0263. The molecule has 0 atom stereocenters. The number of pyridine rings is 1. The number of hydrogen-bond donors (Lipinski definition) is 0. The summed E-state index contributed by atoms with van der Waals surface area (Å²) < 4.78 is 40.8. The standard InChI is InChI=1S/C23H19F3N4OS/c1-29(18-8-3-2-4-9-18)21(31)14-30-20-13-27-11-10-19(20)28-22(30)32-15-16-6-5-7-17(12-16)23(24,25)26/h2-13H,14-15H2,1H3. The first-order valence-corrected chi connectivity index (χ1v) is 10.7. The first-order valence-electron chi connectivity index (χ1n) is 9.74. The summed E-state index contributed by atoms with van der Waals surface area (Å²) >= 11 is 1.28. The van der Waals surface area contributed by atoms with Crippen molar-refractivity contribution in [2.24, 2.45) is 0 Å². The number of hydrogen-bond acceptors (Lipinski definition) is 4. The lowest BCUT2D eigenvalue weighted by Crippen LogP contribution is -2.30. The highest BCUT2D eigenvalue weighted by molar-refractivity contribution is 7.98. The largest absolute Gasteiger partial charge is 0.416 e. The minimum Gasteiger partial charge on any atom is -0.314 e. The summed E-state index contributed by atoms with van der Waals surface area (Å²) in [5.41, 5.74) is 1.95. The van der Waals surface area contributed by atoms with Crippen LogP contribution in [-0.2, 0) is 23.3 Å². The number of aromatic nitrogens is 3. The molecule has 0 N–H and O–H groups in total. The van der Waals surface area contributed by atoms with Crippen LogP contribution >= 0.6 is 11.8 Å². The molecule has 0 radical (unpaired) electrons. The lowest BCUT2D eigenvalue weighted by atomic mass is 10.1. The molecule has 4 aromatic rings. The fourth-order valence-corrected chi connectivity index (χ4v) is 4.19. The average Bonchev–Trinajstić information content (AvgIpc) is 3.14. The number of benzene rings is 2. The molecule has 0 bridgehead atoms. The topological polar surface area (TPSA) is 51.0 Å². The smallest absolute Gasteiger partial charge is 0.314 e. The maximum absolute atomic E-state index is 13.0. The van der Waals surface area contributed by atoms with Gasteiger partial charge >= 0.3 is 6.18 Å². The van der Waals surface area contributed by atoms with E-state index in [9.17, 15) is 18.0 Å². The number of para-hydroxylation sites is 1. The molecule has 4 rings (SSSR count). The Morgan fingerprint density at radius 3 is 2.62 bits per heavy atom. The number of nitrogens with zero attached hydrogens (tertiary/aromatic N) is 4. The fourth-order valence-electron chi connectivity index (χ4n) is 3.23. The second kappa shape index (κ2) is 9.04. The van der Waals surface area contributed by atoms with Crippen LogP contribution in [0.3, 0.4) is 0 Å². The van der Waals surface area contributed by atoms with Gasteiger partial charge in [-0.1, -0.05) is 48.2 Å². The monoisotopic (exact) mass is 456 g/mol. The number of amides is 1. The van der Waals surface area contributed by atoms with E-state index in [4.69, 9.17) is 0 Å². The normalized spacial score (nSPS) is 11.6. The molecule has 5 nitrogen and oxygen atoms in total. The lowest BCUT2D eigenvalue weighted by molar-refractivity contribution is -0.137. The minimum absolute atomic E-state index is 0.0263. The molecule has 1 amide bonds. The van der Waals surface area contributed by atoms with Crippen LogP contribution in [0.5, 0.6) is 0 Å². The molecule has 2 heterocycles. The molecule has 0 spiro atoms. The van der Waals surface area contributed by atoms with E-state index in [2.05, 4.69) is 9.97 Å². The van der Waals surface area contributed by atoms with Crippen molar-refractivity contribution in [2.45, 2.75) is 23.6 Å². The SMILES string of the molecule is CN(C(=O)Cn1c(SCc2cccc(C(F)(F)F)c2)nc2ccncc21)c1ccccc1. The van der Waals surface area contributed by atoms with Crippen molar-refractivity contribution in [3.8, 4) is 0 Å². The highest BCUT2D eigenvalue weighted by Crippen LogP contribution is 2.32. The van der Waals surface area contributed by atoms with Gasteiger partial charge in [0.25, 0.3) is 0 Å². The number of thioether (sulfide) groups is 1. The van der Waals surface area contributed by atoms with Crippen LogP contribution in [0.1, 0.15) is 11.1 Å². The second-order valence-electron chi connectivity index (χ2n) is 7.12. The van der Waals surface area contributed by atoms with Gasteiger partial charge < -0.3 is 9.47 Å². The Morgan fingerprint density at radius 1 is 1.09 bits per heavy atom. The van der Waals surface area contributed by atoms with Gasteiger partial charge in [-0.3, -0.25) is 9.78 Å². The molecule has 0 aliphatic heterocycles. The molecule has 0 saturated carbocycles. The highest BCUT2D eigenvalue weighted by Gasteiger charge is 2.30. The molecule has 0 unspecified atom stereocenters. The van der Waals surface area contributed by atoms with Crippen LogP contribution in [0.4, 0.5) is 18.9 Å². The van der Waals surface area contributed by atoms with Crippen LogP contribution in [0.25, 0.3) is 11.0 Å². The number of likely N-dealkylation sites (N-methyl/N-ethyl adjacent to an activating group) is 1. The van der Waals surface area contributed by atoms with E-state index in [0.29, 0.717) is 21.8 Å². The van der Waals surface area contributed by atoms with E-state index in [1.165, 1.54) is 17.8 Å². The quantitative estimate of drug-likeness (QED) is 0.364. The molecule has 0 aliphatic carbocycles. The summed E-state index contributed by atoms with van der Waals surface area (Å²) in [4.78, 5) is 23.2. The van der Waals surface area contributed by atoms with E-state index < -0.39 is 11.7 Å². The van der Waals surface area contributed by atoms with Crippen molar-refractivity contribution in [1.82, 2.24) is 14.5 Å². The minimum atomic E-state index is -4.39. The zero-order valence-electron chi connectivity index (χ0n) is 17.1. The van der Waals surface area contributed by atoms with Gasteiger partial charge in [-0.15, -0.1) is 0 Å². The molecule has 0 aliphatic rings. The number of anilines is 1. The highest BCUT2D eigenvalue weighted by atomic mass is 32.2. The maximum Gasteiger partial charge on any atom is 0.416 e. The molecule has 164 valence electrons. The van der Waals surface area contributed by atoms with E-state index in [0.717, 1.165) is 17.8 Å². The second-order valence-corrected chi connectivity index (χ2v) is 8.06. The predicted molar refractivity (Wildman–Crippen MR) is 118 cm³/mol. The zero-order valence-corrected chi connectivity index (χ0v) is 17.9. The summed E-state index contributed by atoms with van der Waals surface area (Å²) in [5.74, 6) is 0.129. The summed E-state index contributed by atoms with van der Waals surface area (Å²) in [6, 6.07) is 16.2. The lowest BCUT2D eigenvalue weighted by Gasteiger charge is -2.18. The first kappa shape index (κ1) is 21.9. The van der Waals surface area contributed by atoms with E-state index in [1.54, 1.807) is 41.0 Å². The molecule has 2 aromatic carbocycles. The Hall–Kier alpha value is -3.33. The van der Waals surface area contributed by atoms with Crippen molar-refractivity contribution in [3.63, 3.8) is 0 Å². The number of fused-ring (bicyclic) bond motifs is 1. The van der Waals surface area contributed by atoms with Gasteiger partial charge in [-0.05, 0) is 29.8 Å². The molecule has 9 heteroatoms. The van der Waals surface area contributed by atoms with Crippen molar-refractivity contribution >= 4 is 34.4 Å². The van der Waals surface area contributed by atoms with Gasteiger partial charge in [0.2, 0.25) is 5.91 Å². The van der Waals surface area contributed by atoms with E-state index in [1.807, 2.05) is 30.3 Å². The molecule has 0 fully saturated rings. The summed E-state index contributed by atoms with van der Waals surface area (Å²) in [5, 5.41) is 0.542. The summed E-state index contributed by atoms with van der Waals surface area (Å²) in [7, 11) is 1.70. The Kier molecular flexibility index (Phi) is 6.18. The number of halogens is 3. The molecular weight excluding hydrogens is 437 g/mol. The molecule has 2 aromatic heterocycles. The molecular formula is C23H19F3N4OS. The number of carbonyl (C=O) groups is 1. The van der Waals surface area contributed by atoms with Crippen LogP contribution < -0.4 is 4.90 Å². The van der Waals surface area contributed by atoms with Crippen molar-refractivity contribution in [3.05, 3.63) is 84.2 Å². The summed E-state index contributed by atoms with van der Waals surface area (Å²) in [6.07, 6.45) is -1.15. The molecule has 0 saturated heterocycles. The first-order chi connectivity index (χ1) is 15.3. The van der Waals surface area contributed by atoms with Gasteiger partial charge in [-0.25, -0.2) is 4.98 Å². The van der Waals surface area contributed by atoms with Crippen LogP contribution in [0.2, 0.25) is 0 Å². The van der Waals surface area contributed by atoms with Gasteiger partial charge in [0.15, 0.2) is 5.16 Å². The number of alkyl halides is 3. The predicted octanol–water partition coefficient (Wildman–Crippen LogP) is 5.41. The Labute approximate surface area is 186 Å². The number of rotatable bonds is 6. The third kappa shape index (κ3) is 4.77. The van der Waals surface area contributed by atoms with Gasteiger partial charge in [0.1, 0.15) is 6.54 Å². The number of imidazole rings is 1. The van der Waals surface area contributed by atoms with Gasteiger partial charge in [0, 0.05) is 24.7 Å².